The van der Waals surface area contributed by atoms with Crippen molar-refractivity contribution >= 4 is 22.9 Å². The molecule has 1 heterocycles. The Morgan fingerprint density at radius 1 is 1.15 bits per heavy atom. The monoisotopic (exact) mass is 266 g/mol. The van der Waals surface area contributed by atoms with Gasteiger partial charge in [0, 0.05) is 16.6 Å². The number of benzene rings is 2. The molecule has 4 heteroatoms. The molecule has 0 spiro atoms. The van der Waals surface area contributed by atoms with E-state index in [1.807, 2.05) is 42.5 Å². The molecule has 3 aromatic rings. The van der Waals surface area contributed by atoms with Crippen molar-refractivity contribution in [1.82, 2.24) is 4.98 Å². The lowest BCUT2D eigenvalue weighted by Crippen LogP contribution is -1.91. The number of aldehydes is 1. The Bertz CT molecular complexity index is 790. The second-order valence-corrected chi connectivity index (χ2v) is 4.81. The predicted molar refractivity (Wildman–Crippen MR) is 79.0 cm³/mol. The molecule has 2 aromatic carbocycles. The SMILES string of the molecule is Nc1cccc(Cc2ccc3c(C=O)c(O)[nH]c3c2)c1. The standard InChI is InChI=1S/C16H14N2O2/c17-12-3-1-2-10(7-12)6-11-4-5-13-14(9-19)16(20)18-15(13)8-11/h1-5,7-9,18,20H,6,17H2. The number of rotatable bonds is 3. The van der Waals surface area contributed by atoms with Crippen LogP contribution < -0.4 is 5.73 Å². The minimum atomic E-state index is -0.0869. The molecule has 0 bridgehead atoms. The van der Waals surface area contributed by atoms with Crippen LogP contribution in [0.2, 0.25) is 0 Å². The van der Waals surface area contributed by atoms with E-state index in [2.05, 4.69) is 4.98 Å². The van der Waals surface area contributed by atoms with Crippen LogP contribution in [0.25, 0.3) is 10.9 Å². The number of carbonyl (C=O) groups is 1. The second kappa shape index (κ2) is 4.74. The summed E-state index contributed by atoms with van der Waals surface area (Å²) in [7, 11) is 0. The average molecular weight is 266 g/mol. The van der Waals surface area contributed by atoms with E-state index < -0.39 is 0 Å². The van der Waals surface area contributed by atoms with Crippen LogP contribution in [0, 0.1) is 0 Å². The summed E-state index contributed by atoms with van der Waals surface area (Å²) in [4.78, 5) is 13.7. The van der Waals surface area contributed by atoms with Gasteiger partial charge in [-0.25, -0.2) is 0 Å². The van der Waals surface area contributed by atoms with Crippen LogP contribution in [-0.2, 0) is 6.42 Å². The van der Waals surface area contributed by atoms with Crippen LogP contribution in [0.1, 0.15) is 21.5 Å². The first kappa shape index (κ1) is 12.3. The number of H-pyrrole nitrogens is 1. The number of aromatic hydroxyl groups is 1. The van der Waals surface area contributed by atoms with Crippen molar-refractivity contribution in [3.05, 3.63) is 59.2 Å². The molecule has 4 N–H and O–H groups in total. The van der Waals surface area contributed by atoms with Gasteiger partial charge in [-0.2, -0.15) is 0 Å². The maximum absolute atomic E-state index is 10.9. The minimum absolute atomic E-state index is 0.0869. The lowest BCUT2D eigenvalue weighted by atomic mass is 10.0. The Kier molecular flexibility index (Phi) is 2.91. The largest absolute Gasteiger partial charge is 0.494 e. The molecule has 0 amide bonds. The summed E-state index contributed by atoms with van der Waals surface area (Å²) < 4.78 is 0. The molecule has 0 saturated carbocycles. The van der Waals surface area contributed by atoms with Crippen LogP contribution in [0.5, 0.6) is 5.88 Å². The predicted octanol–water partition coefficient (Wildman–Crippen LogP) is 2.86. The second-order valence-electron chi connectivity index (χ2n) is 4.81. The maximum atomic E-state index is 10.9. The van der Waals surface area contributed by atoms with Crippen molar-refractivity contribution in [3.63, 3.8) is 0 Å². The first-order valence-corrected chi connectivity index (χ1v) is 6.30. The van der Waals surface area contributed by atoms with Gasteiger partial charge in [0.2, 0.25) is 0 Å². The zero-order valence-electron chi connectivity index (χ0n) is 10.8. The van der Waals surface area contributed by atoms with Crippen LogP contribution >= 0.6 is 0 Å². The van der Waals surface area contributed by atoms with Crippen LogP contribution in [0.4, 0.5) is 5.69 Å². The van der Waals surface area contributed by atoms with Gasteiger partial charge in [-0.15, -0.1) is 0 Å². The number of nitrogen functional groups attached to an aromatic ring is 1. The Morgan fingerprint density at radius 3 is 2.70 bits per heavy atom. The number of hydrogen-bond donors (Lipinski definition) is 3. The van der Waals surface area contributed by atoms with E-state index in [1.54, 1.807) is 0 Å². The molecule has 100 valence electrons. The number of nitrogens with one attached hydrogen (secondary N) is 1. The van der Waals surface area contributed by atoms with E-state index in [0.29, 0.717) is 11.8 Å². The van der Waals surface area contributed by atoms with Gasteiger partial charge in [-0.3, -0.25) is 4.79 Å². The third-order valence-electron chi connectivity index (χ3n) is 3.36. The molecule has 20 heavy (non-hydrogen) atoms. The normalized spacial score (nSPS) is 10.8. The molecule has 0 saturated heterocycles. The molecule has 0 aliphatic rings. The van der Waals surface area contributed by atoms with Crippen molar-refractivity contribution < 1.29 is 9.90 Å². The highest BCUT2D eigenvalue weighted by molar-refractivity contribution is 6.00. The number of aromatic amines is 1. The summed E-state index contributed by atoms with van der Waals surface area (Å²) in [6.07, 6.45) is 1.41. The van der Waals surface area contributed by atoms with Crippen molar-refractivity contribution in [2.45, 2.75) is 6.42 Å². The van der Waals surface area contributed by atoms with Crippen molar-refractivity contribution in [1.29, 1.82) is 0 Å². The fourth-order valence-corrected chi connectivity index (χ4v) is 2.42. The van der Waals surface area contributed by atoms with Gasteiger partial charge in [-0.05, 0) is 35.7 Å². The van der Waals surface area contributed by atoms with E-state index >= 15 is 0 Å². The molecule has 0 fully saturated rings. The number of fused-ring (bicyclic) bond motifs is 1. The lowest BCUT2D eigenvalue weighted by Gasteiger charge is -2.03. The fourth-order valence-electron chi connectivity index (χ4n) is 2.42. The Labute approximate surface area is 115 Å². The topological polar surface area (TPSA) is 79.1 Å². The summed E-state index contributed by atoms with van der Waals surface area (Å²) in [5, 5.41) is 10.4. The Morgan fingerprint density at radius 2 is 1.95 bits per heavy atom. The van der Waals surface area contributed by atoms with Crippen molar-refractivity contribution in [2.24, 2.45) is 0 Å². The minimum Gasteiger partial charge on any atom is -0.494 e. The molecule has 0 radical (unpaired) electrons. The van der Waals surface area contributed by atoms with Gasteiger partial charge in [0.1, 0.15) is 0 Å². The fraction of sp³-hybridized carbons (Fsp3) is 0.0625. The number of aromatic nitrogens is 1. The van der Waals surface area contributed by atoms with Crippen molar-refractivity contribution in [3.8, 4) is 5.88 Å². The third-order valence-corrected chi connectivity index (χ3v) is 3.36. The van der Waals surface area contributed by atoms with E-state index in [9.17, 15) is 9.90 Å². The van der Waals surface area contributed by atoms with Gasteiger partial charge in [0.25, 0.3) is 0 Å². The molecule has 3 rings (SSSR count). The quantitative estimate of drug-likeness (QED) is 0.504. The summed E-state index contributed by atoms with van der Waals surface area (Å²) in [5.41, 5.74) is 9.77. The van der Waals surface area contributed by atoms with Gasteiger partial charge >= 0.3 is 0 Å². The molecular formula is C16H14N2O2. The van der Waals surface area contributed by atoms with Crippen LogP contribution in [0.3, 0.4) is 0 Å². The van der Waals surface area contributed by atoms with Crippen molar-refractivity contribution in [2.75, 3.05) is 5.73 Å². The smallest absolute Gasteiger partial charge is 0.200 e. The summed E-state index contributed by atoms with van der Waals surface area (Å²) >= 11 is 0. The van der Waals surface area contributed by atoms with Crippen LogP contribution in [0.15, 0.2) is 42.5 Å². The maximum Gasteiger partial charge on any atom is 0.200 e. The summed E-state index contributed by atoms with van der Waals surface area (Å²) in [5.74, 6) is -0.0869. The highest BCUT2D eigenvalue weighted by Crippen LogP contribution is 2.27. The van der Waals surface area contributed by atoms with E-state index in [4.69, 9.17) is 5.73 Å². The van der Waals surface area contributed by atoms with E-state index in [-0.39, 0.29) is 5.88 Å². The van der Waals surface area contributed by atoms with Gasteiger partial charge in [0.15, 0.2) is 12.2 Å². The van der Waals surface area contributed by atoms with Gasteiger partial charge in [0.05, 0.1) is 5.56 Å². The number of nitrogens with two attached hydrogens (primary N) is 1. The Balaban J connectivity index is 1.99. The average Bonchev–Trinajstić information content (AvgIpc) is 2.73. The summed E-state index contributed by atoms with van der Waals surface area (Å²) in [6, 6.07) is 13.5. The number of carbonyl (C=O) groups excluding carboxylic acids is 1. The Hall–Kier alpha value is -2.75. The van der Waals surface area contributed by atoms with E-state index in [1.165, 1.54) is 0 Å². The van der Waals surface area contributed by atoms with Gasteiger partial charge < -0.3 is 15.8 Å². The zero-order valence-corrected chi connectivity index (χ0v) is 10.8. The highest BCUT2D eigenvalue weighted by atomic mass is 16.3. The lowest BCUT2D eigenvalue weighted by molar-refractivity contribution is 0.112. The first-order valence-electron chi connectivity index (χ1n) is 6.30. The third kappa shape index (κ3) is 2.12. The molecule has 0 aliphatic heterocycles. The molecule has 0 atom stereocenters. The molecule has 0 unspecified atom stereocenters. The molecule has 0 aliphatic carbocycles. The molecule has 1 aromatic heterocycles. The zero-order chi connectivity index (χ0) is 14.1. The number of hydrogen-bond acceptors (Lipinski definition) is 3. The first-order chi connectivity index (χ1) is 9.67. The highest BCUT2D eigenvalue weighted by Gasteiger charge is 2.10. The molecular weight excluding hydrogens is 252 g/mol. The van der Waals surface area contributed by atoms with E-state index in [0.717, 1.165) is 34.1 Å². The number of anilines is 1. The molecule has 4 nitrogen and oxygen atoms in total. The summed E-state index contributed by atoms with van der Waals surface area (Å²) in [6.45, 7) is 0. The van der Waals surface area contributed by atoms with Crippen LogP contribution in [-0.4, -0.2) is 16.4 Å². The van der Waals surface area contributed by atoms with Gasteiger partial charge in [-0.1, -0.05) is 24.3 Å².